The Bertz CT molecular complexity index is 1400. The van der Waals surface area contributed by atoms with Crippen molar-refractivity contribution in [2.24, 2.45) is 0 Å². The lowest BCUT2D eigenvalue weighted by Crippen LogP contribution is -2.51. The van der Waals surface area contributed by atoms with E-state index in [0.29, 0.717) is 39.1 Å². The largest absolute Gasteiger partial charge is 0.368 e. The number of nitrogens with zero attached hydrogens (tertiary/aromatic N) is 6. The van der Waals surface area contributed by atoms with Gasteiger partial charge in [-0.2, -0.15) is 4.37 Å². The van der Waals surface area contributed by atoms with E-state index in [1.54, 1.807) is 12.1 Å². The number of anilines is 2. The van der Waals surface area contributed by atoms with Gasteiger partial charge >= 0.3 is 0 Å². The molecule has 0 aliphatic carbocycles. The molecule has 1 amide bonds. The monoisotopic (exact) mass is 542 g/mol. The first-order valence-corrected chi connectivity index (χ1v) is 13.7. The average molecular weight is 543 g/mol. The third-order valence-electron chi connectivity index (χ3n) is 6.81. The van der Waals surface area contributed by atoms with E-state index >= 15 is 0 Å². The lowest BCUT2D eigenvalue weighted by molar-refractivity contribution is -0.384. The number of piperazine rings is 1. The zero-order chi connectivity index (χ0) is 27.2. The number of hydrogen-bond acceptors (Lipinski definition) is 8. The molecule has 4 aromatic rings. The van der Waals surface area contributed by atoms with Gasteiger partial charge in [-0.05, 0) is 30.2 Å². The van der Waals surface area contributed by atoms with Gasteiger partial charge in [-0.25, -0.2) is 4.98 Å². The molecule has 200 valence electrons. The molecule has 1 fully saturated rings. The molecule has 0 saturated carbocycles. The predicted molar refractivity (Wildman–Crippen MR) is 153 cm³/mol. The van der Waals surface area contributed by atoms with Crippen LogP contribution in [0.1, 0.15) is 22.5 Å². The number of non-ortho nitro benzene ring substituents is 1. The fourth-order valence-corrected chi connectivity index (χ4v) is 5.27. The highest BCUT2D eigenvalue weighted by atomic mass is 32.1. The van der Waals surface area contributed by atoms with Crippen molar-refractivity contribution < 1.29 is 9.72 Å². The van der Waals surface area contributed by atoms with E-state index in [4.69, 9.17) is 4.98 Å². The van der Waals surface area contributed by atoms with Crippen LogP contribution in [0.3, 0.4) is 0 Å². The smallest absolute Gasteiger partial charge is 0.269 e. The molecule has 1 aromatic heterocycles. The minimum Gasteiger partial charge on any atom is -0.368 e. The first kappa shape index (κ1) is 26.3. The Morgan fingerprint density at radius 3 is 2.31 bits per heavy atom. The van der Waals surface area contributed by atoms with E-state index in [2.05, 4.69) is 52.6 Å². The van der Waals surface area contributed by atoms with Gasteiger partial charge < -0.3 is 14.7 Å². The number of amides is 1. The Balaban J connectivity index is 1.24. The summed E-state index contributed by atoms with van der Waals surface area (Å²) in [6.45, 7) is 5.36. The molecule has 10 heteroatoms. The van der Waals surface area contributed by atoms with Crippen LogP contribution in [0.4, 0.5) is 16.5 Å². The Morgan fingerprint density at radius 2 is 1.64 bits per heavy atom. The SMILES string of the molecule is Cc1ccc(Cc2nsc(N(CC(=O)N3CCN(c4ccc([N+](=O)[O-])cc4)CC3)Cc3ccccc3)n2)cc1. The molecule has 0 unspecified atom stereocenters. The minimum atomic E-state index is -0.398. The molecule has 5 rings (SSSR count). The number of carbonyl (C=O) groups is 1. The second-order valence-electron chi connectivity index (χ2n) is 9.64. The highest BCUT2D eigenvalue weighted by molar-refractivity contribution is 7.09. The number of aryl methyl sites for hydroxylation is 1. The van der Waals surface area contributed by atoms with Crippen molar-refractivity contribution >= 4 is 33.9 Å². The number of hydrogen-bond donors (Lipinski definition) is 0. The third-order valence-corrected chi connectivity index (χ3v) is 7.63. The molecule has 0 spiro atoms. The van der Waals surface area contributed by atoms with Crippen LogP contribution in [0.25, 0.3) is 0 Å². The molecule has 9 nitrogen and oxygen atoms in total. The molecule has 1 saturated heterocycles. The zero-order valence-electron chi connectivity index (χ0n) is 21.8. The van der Waals surface area contributed by atoms with Crippen LogP contribution in [0, 0.1) is 17.0 Å². The van der Waals surface area contributed by atoms with Crippen LogP contribution in [0.15, 0.2) is 78.9 Å². The number of nitro groups is 1. The fraction of sp³-hybridized carbons (Fsp3) is 0.276. The highest BCUT2D eigenvalue weighted by Gasteiger charge is 2.25. The maximum atomic E-state index is 13.4. The van der Waals surface area contributed by atoms with Crippen molar-refractivity contribution in [3.8, 4) is 0 Å². The van der Waals surface area contributed by atoms with E-state index < -0.39 is 4.92 Å². The summed E-state index contributed by atoms with van der Waals surface area (Å²) >= 11 is 1.33. The van der Waals surface area contributed by atoms with Gasteiger partial charge in [-0.1, -0.05) is 60.2 Å². The van der Waals surface area contributed by atoms with Crippen LogP contribution in [0.5, 0.6) is 0 Å². The zero-order valence-corrected chi connectivity index (χ0v) is 22.6. The van der Waals surface area contributed by atoms with Crippen molar-refractivity contribution in [2.45, 2.75) is 19.9 Å². The van der Waals surface area contributed by atoms with Gasteiger partial charge in [0.25, 0.3) is 5.69 Å². The predicted octanol–water partition coefficient (Wildman–Crippen LogP) is 4.70. The van der Waals surface area contributed by atoms with Crippen molar-refractivity contribution in [2.75, 3.05) is 42.5 Å². The molecule has 2 heterocycles. The Kier molecular flexibility index (Phi) is 8.12. The van der Waals surface area contributed by atoms with Crippen molar-refractivity contribution in [1.29, 1.82) is 0 Å². The van der Waals surface area contributed by atoms with Crippen LogP contribution in [0.2, 0.25) is 0 Å². The molecule has 0 atom stereocenters. The lowest BCUT2D eigenvalue weighted by Gasteiger charge is -2.37. The third kappa shape index (κ3) is 6.77. The number of nitro benzene ring substituents is 1. The Morgan fingerprint density at radius 1 is 0.949 bits per heavy atom. The summed E-state index contributed by atoms with van der Waals surface area (Å²) in [5, 5.41) is 11.7. The molecule has 0 N–H and O–H groups in total. The van der Waals surface area contributed by atoms with E-state index in [0.717, 1.165) is 27.8 Å². The summed E-state index contributed by atoms with van der Waals surface area (Å²) in [4.78, 5) is 34.8. The van der Waals surface area contributed by atoms with Crippen molar-refractivity contribution in [3.05, 3.63) is 111 Å². The summed E-state index contributed by atoms with van der Waals surface area (Å²) < 4.78 is 4.59. The van der Waals surface area contributed by atoms with Gasteiger partial charge in [0.1, 0.15) is 5.82 Å². The molecule has 1 aliphatic rings. The van der Waals surface area contributed by atoms with Crippen LogP contribution >= 0.6 is 11.5 Å². The Hall–Kier alpha value is -4.31. The molecular formula is C29H30N6O3S. The number of benzene rings is 3. The van der Waals surface area contributed by atoms with E-state index in [-0.39, 0.29) is 18.1 Å². The lowest BCUT2D eigenvalue weighted by atomic mass is 10.1. The molecule has 39 heavy (non-hydrogen) atoms. The summed E-state index contributed by atoms with van der Waals surface area (Å²) in [5.41, 5.74) is 4.47. The molecule has 0 radical (unpaired) electrons. The van der Waals surface area contributed by atoms with E-state index in [1.807, 2.05) is 28.0 Å². The van der Waals surface area contributed by atoms with Gasteiger partial charge in [-0.3, -0.25) is 14.9 Å². The first-order chi connectivity index (χ1) is 18.9. The summed E-state index contributed by atoms with van der Waals surface area (Å²) in [7, 11) is 0. The van der Waals surface area contributed by atoms with Gasteiger partial charge in [0, 0.05) is 68.5 Å². The second-order valence-corrected chi connectivity index (χ2v) is 10.4. The number of rotatable bonds is 9. The fourth-order valence-electron chi connectivity index (χ4n) is 4.59. The second kappa shape index (κ2) is 12.0. The van der Waals surface area contributed by atoms with Crippen LogP contribution in [-0.4, -0.2) is 57.8 Å². The van der Waals surface area contributed by atoms with Gasteiger partial charge in [0.2, 0.25) is 11.0 Å². The standard InChI is InChI=1S/C29H30N6O3S/c1-22-7-9-23(10-8-22)19-27-30-29(39-31-27)34(20-24-5-3-2-4-6-24)21-28(36)33-17-15-32(16-18-33)25-11-13-26(14-12-25)35(37)38/h2-14H,15-21H2,1H3. The van der Waals surface area contributed by atoms with Crippen molar-refractivity contribution in [3.63, 3.8) is 0 Å². The van der Waals surface area contributed by atoms with E-state index in [1.165, 1.54) is 29.2 Å². The summed E-state index contributed by atoms with van der Waals surface area (Å²) in [5.74, 6) is 0.797. The summed E-state index contributed by atoms with van der Waals surface area (Å²) in [6, 6.07) is 25.0. The Labute approximate surface area is 231 Å². The average Bonchev–Trinajstić information content (AvgIpc) is 3.43. The van der Waals surface area contributed by atoms with Gasteiger partial charge in [-0.15, -0.1) is 0 Å². The first-order valence-electron chi connectivity index (χ1n) is 12.9. The van der Waals surface area contributed by atoms with Gasteiger partial charge in [0.15, 0.2) is 0 Å². The maximum absolute atomic E-state index is 13.4. The molecule has 3 aromatic carbocycles. The minimum absolute atomic E-state index is 0.0459. The topological polar surface area (TPSA) is 95.7 Å². The normalized spacial score (nSPS) is 13.4. The molecule has 1 aliphatic heterocycles. The quantitative estimate of drug-likeness (QED) is 0.223. The van der Waals surface area contributed by atoms with Crippen molar-refractivity contribution in [1.82, 2.24) is 14.3 Å². The number of aromatic nitrogens is 2. The van der Waals surface area contributed by atoms with Gasteiger partial charge in [0.05, 0.1) is 11.5 Å². The van der Waals surface area contributed by atoms with Crippen LogP contribution in [-0.2, 0) is 17.8 Å². The molecule has 0 bridgehead atoms. The van der Waals surface area contributed by atoms with Crippen LogP contribution < -0.4 is 9.80 Å². The maximum Gasteiger partial charge on any atom is 0.269 e. The highest BCUT2D eigenvalue weighted by Crippen LogP contribution is 2.23. The van der Waals surface area contributed by atoms with E-state index in [9.17, 15) is 14.9 Å². The molecular weight excluding hydrogens is 512 g/mol. The number of carbonyl (C=O) groups excluding carboxylic acids is 1. The summed E-state index contributed by atoms with van der Waals surface area (Å²) in [6.07, 6.45) is 0.647.